The van der Waals surface area contributed by atoms with Crippen LogP contribution in [0.3, 0.4) is 0 Å². The van der Waals surface area contributed by atoms with E-state index in [-0.39, 0.29) is 0 Å². The normalized spacial score (nSPS) is 28.7. The third-order valence-corrected chi connectivity index (χ3v) is 8.91. The Balaban J connectivity index is 1.23. The molecule has 0 aliphatic heterocycles. The molecule has 4 saturated carbocycles. The maximum atomic E-state index is 6.30. The summed E-state index contributed by atoms with van der Waals surface area (Å²) in [4.78, 5) is 0. The molecule has 4 aliphatic rings. The fourth-order valence-corrected chi connectivity index (χ4v) is 7.50. The van der Waals surface area contributed by atoms with Crippen LogP contribution in [0.5, 0.6) is 11.5 Å². The van der Waals surface area contributed by atoms with Crippen molar-refractivity contribution in [2.24, 2.45) is 23.2 Å². The van der Waals surface area contributed by atoms with Crippen LogP contribution < -0.4 is 14.8 Å². The third kappa shape index (κ3) is 5.01. The number of rotatable bonds is 9. The second-order valence-electron chi connectivity index (χ2n) is 10.6. The van der Waals surface area contributed by atoms with Gasteiger partial charge in [-0.15, -0.1) is 0 Å². The zero-order valence-electron chi connectivity index (χ0n) is 19.7. The number of hydrogen-bond donors (Lipinski definition) is 1. The van der Waals surface area contributed by atoms with Crippen LogP contribution in [-0.2, 0) is 13.2 Å². The largest absolute Gasteiger partial charge is 0.490 e. The van der Waals surface area contributed by atoms with Crippen LogP contribution in [0.1, 0.15) is 63.5 Å². The molecule has 0 aromatic heterocycles. The summed E-state index contributed by atoms with van der Waals surface area (Å²) < 4.78 is 12.0. The minimum atomic E-state index is 0.372. The summed E-state index contributed by atoms with van der Waals surface area (Å²) in [5, 5.41) is 5.12. The van der Waals surface area contributed by atoms with E-state index in [2.05, 4.69) is 24.4 Å². The minimum absolute atomic E-state index is 0.372. The molecule has 0 saturated heterocycles. The average Bonchev–Trinajstić information content (AvgIpc) is 2.77. The van der Waals surface area contributed by atoms with Gasteiger partial charge in [-0.1, -0.05) is 35.3 Å². The first-order valence-electron chi connectivity index (χ1n) is 12.5. The molecule has 3 nitrogen and oxygen atoms in total. The van der Waals surface area contributed by atoms with Gasteiger partial charge in [0.25, 0.3) is 0 Å². The van der Waals surface area contributed by atoms with Gasteiger partial charge in [0.1, 0.15) is 6.61 Å². The standard InChI is InChI=1S/C28H35Cl2NO2/c1-3-32-27-11-19(4-7-26(27)33-17-23-5-6-24(29)12-25(23)30)16-31-18(2)28-13-20-8-21(14-28)10-22(9-20)15-28/h4-7,11-12,18,20-22,31H,3,8-10,13-17H2,1-2H3/t18-,20?,21?,22?,28?/m1/s1. The maximum absolute atomic E-state index is 6.30. The van der Waals surface area contributed by atoms with Crippen molar-refractivity contribution in [2.75, 3.05) is 6.61 Å². The average molecular weight is 488 g/mol. The molecular formula is C28H35Cl2NO2. The Hall–Kier alpha value is -1.42. The Morgan fingerprint density at radius 1 is 0.939 bits per heavy atom. The molecule has 1 N–H and O–H groups in total. The van der Waals surface area contributed by atoms with Gasteiger partial charge in [0.05, 0.1) is 6.61 Å². The molecule has 2 aromatic carbocycles. The predicted octanol–water partition coefficient (Wildman–Crippen LogP) is 7.67. The Morgan fingerprint density at radius 2 is 1.64 bits per heavy atom. The lowest BCUT2D eigenvalue weighted by Gasteiger charge is -2.59. The first-order chi connectivity index (χ1) is 15.9. The minimum Gasteiger partial charge on any atom is -0.490 e. The van der Waals surface area contributed by atoms with Crippen molar-refractivity contribution in [2.45, 2.75) is 71.6 Å². The lowest BCUT2D eigenvalue weighted by Crippen LogP contribution is -2.54. The highest BCUT2D eigenvalue weighted by molar-refractivity contribution is 6.35. The van der Waals surface area contributed by atoms with E-state index >= 15 is 0 Å². The van der Waals surface area contributed by atoms with Crippen molar-refractivity contribution in [3.05, 3.63) is 57.6 Å². The van der Waals surface area contributed by atoms with Crippen LogP contribution in [0.4, 0.5) is 0 Å². The predicted molar refractivity (Wildman–Crippen MR) is 135 cm³/mol. The summed E-state index contributed by atoms with van der Waals surface area (Å²) in [7, 11) is 0. The number of ether oxygens (including phenoxy) is 2. The summed E-state index contributed by atoms with van der Waals surface area (Å²) in [5.41, 5.74) is 2.64. The van der Waals surface area contributed by atoms with E-state index in [4.69, 9.17) is 32.7 Å². The highest BCUT2D eigenvalue weighted by Crippen LogP contribution is 2.61. The van der Waals surface area contributed by atoms with E-state index in [9.17, 15) is 0 Å². The van der Waals surface area contributed by atoms with Crippen molar-refractivity contribution in [1.82, 2.24) is 5.32 Å². The SMILES string of the molecule is CCOc1cc(CN[C@H](C)C23CC4CC(CC(C4)C2)C3)ccc1OCc1ccc(Cl)cc1Cl. The Bertz CT molecular complexity index is 957. The monoisotopic (exact) mass is 487 g/mol. The molecule has 178 valence electrons. The van der Waals surface area contributed by atoms with Crippen molar-refractivity contribution in [1.29, 1.82) is 0 Å². The van der Waals surface area contributed by atoms with Gasteiger partial charge in [0.2, 0.25) is 0 Å². The van der Waals surface area contributed by atoms with Crippen LogP contribution in [0, 0.1) is 23.2 Å². The molecule has 6 rings (SSSR count). The molecule has 4 aliphatic carbocycles. The lowest BCUT2D eigenvalue weighted by molar-refractivity contribution is -0.0706. The van der Waals surface area contributed by atoms with Crippen LogP contribution in [0.25, 0.3) is 0 Å². The van der Waals surface area contributed by atoms with Crippen LogP contribution in [0.2, 0.25) is 10.0 Å². The highest BCUT2D eigenvalue weighted by Gasteiger charge is 2.52. The molecule has 0 heterocycles. The molecule has 0 amide bonds. The van der Waals surface area contributed by atoms with Crippen molar-refractivity contribution >= 4 is 23.2 Å². The molecule has 1 atom stereocenters. The molecular weight excluding hydrogens is 453 g/mol. The summed E-state index contributed by atoms with van der Waals surface area (Å²) in [6.45, 7) is 6.24. The first-order valence-corrected chi connectivity index (χ1v) is 13.3. The second kappa shape index (κ2) is 9.68. The molecule has 33 heavy (non-hydrogen) atoms. The van der Waals surface area contributed by atoms with Crippen molar-refractivity contribution in [3.63, 3.8) is 0 Å². The molecule has 0 radical (unpaired) electrons. The van der Waals surface area contributed by atoms with Crippen LogP contribution >= 0.6 is 23.2 Å². The third-order valence-electron chi connectivity index (χ3n) is 8.32. The number of nitrogens with one attached hydrogen (secondary N) is 1. The number of hydrogen-bond acceptors (Lipinski definition) is 3. The molecule has 2 aromatic rings. The van der Waals surface area contributed by atoms with Crippen LogP contribution in [0.15, 0.2) is 36.4 Å². The van der Waals surface area contributed by atoms with E-state index < -0.39 is 0 Å². The van der Waals surface area contributed by atoms with Gasteiger partial charge in [0.15, 0.2) is 11.5 Å². The van der Waals surface area contributed by atoms with E-state index in [0.29, 0.717) is 34.7 Å². The summed E-state index contributed by atoms with van der Waals surface area (Å²) in [6.07, 6.45) is 8.76. The summed E-state index contributed by atoms with van der Waals surface area (Å²) in [5.74, 6) is 4.46. The quantitative estimate of drug-likeness (QED) is 0.393. The number of benzene rings is 2. The Morgan fingerprint density at radius 3 is 2.27 bits per heavy atom. The van der Waals surface area contributed by atoms with Gasteiger partial charge >= 0.3 is 0 Å². The Kier molecular flexibility index (Phi) is 6.84. The van der Waals surface area contributed by atoms with E-state index in [1.165, 1.54) is 44.1 Å². The van der Waals surface area contributed by atoms with Crippen molar-refractivity contribution < 1.29 is 9.47 Å². The first kappa shape index (κ1) is 23.3. The van der Waals surface area contributed by atoms with E-state index in [1.54, 1.807) is 6.07 Å². The van der Waals surface area contributed by atoms with Gasteiger partial charge in [-0.25, -0.2) is 0 Å². The summed E-state index contributed by atoms with van der Waals surface area (Å²) in [6, 6.07) is 12.3. The van der Waals surface area contributed by atoms with E-state index in [0.717, 1.165) is 41.4 Å². The summed E-state index contributed by atoms with van der Waals surface area (Å²) >= 11 is 12.3. The second-order valence-corrected chi connectivity index (χ2v) is 11.5. The molecule has 5 heteroatoms. The molecule has 4 fully saturated rings. The smallest absolute Gasteiger partial charge is 0.161 e. The van der Waals surface area contributed by atoms with Gasteiger partial charge in [0, 0.05) is 28.2 Å². The van der Waals surface area contributed by atoms with Gasteiger partial charge < -0.3 is 14.8 Å². The Labute approximate surface area is 208 Å². The zero-order chi connectivity index (χ0) is 23.0. The fraction of sp³-hybridized carbons (Fsp3) is 0.571. The highest BCUT2D eigenvalue weighted by atomic mass is 35.5. The van der Waals surface area contributed by atoms with Gasteiger partial charge in [-0.3, -0.25) is 0 Å². The van der Waals surface area contributed by atoms with Crippen molar-refractivity contribution in [3.8, 4) is 11.5 Å². The molecule has 4 bridgehead atoms. The lowest BCUT2D eigenvalue weighted by atomic mass is 9.48. The molecule has 0 unspecified atom stereocenters. The zero-order valence-corrected chi connectivity index (χ0v) is 21.2. The topological polar surface area (TPSA) is 30.5 Å². The van der Waals surface area contributed by atoms with Crippen LogP contribution in [-0.4, -0.2) is 12.6 Å². The fourth-order valence-electron chi connectivity index (χ4n) is 7.04. The number of halogens is 2. The van der Waals surface area contributed by atoms with Gasteiger partial charge in [-0.05, 0) is 105 Å². The van der Waals surface area contributed by atoms with E-state index in [1.807, 2.05) is 25.1 Å². The molecule has 0 spiro atoms. The maximum Gasteiger partial charge on any atom is 0.161 e. The van der Waals surface area contributed by atoms with Gasteiger partial charge in [-0.2, -0.15) is 0 Å².